The van der Waals surface area contributed by atoms with Crippen LogP contribution >= 0.6 is 0 Å². The van der Waals surface area contributed by atoms with Crippen molar-refractivity contribution >= 4 is 0 Å². The summed E-state index contributed by atoms with van der Waals surface area (Å²) in [5.74, 6) is 1.77. The lowest BCUT2D eigenvalue weighted by Crippen LogP contribution is -2.40. The van der Waals surface area contributed by atoms with Gasteiger partial charge in [0.05, 0.1) is 5.60 Å². The predicted molar refractivity (Wildman–Crippen MR) is 39.6 cm³/mol. The lowest BCUT2D eigenvalue weighted by Gasteiger charge is -2.27. The van der Waals surface area contributed by atoms with Crippen molar-refractivity contribution < 1.29 is 4.74 Å². The molecule has 58 valence electrons. The Balaban J connectivity index is 2.11. The van der Waals surface area contributed by atoms with Crippen LogP contribution in [0.5, 0.6) is 0 Å². The first-order chi connectivity index (χ1) is 4.82. The van der Waals surface area contributed by atoms with E-state index in [1.807, 2.05) is 0 Å². The smallest absolute Gasteiger partial charge is 0.0831 e. The summed E-state index contributed by atoms with van der Waals surface area (Å²) >= 11 is 0. The third-order valence-corrected chi connectivity index (χ3v) is 3.29. The largest absolute Gasteiger partial charge is 0.377 e. The van der Waals surface area contributed by atoms with Crippen LogP contribution in [0, 0.1) is 11.8 Å². The molecule has 2 fully saturated rings. The average molecular weight is 141 g/mol. The van der Waals surface area contributed by atoms with Gasteiger partial charge in [0.2, 0.25) is 0 Å². The van der Waals surface area contributed by atoms with Crippen LogP contribution in [0.25, 0.3) is 0 Å². The van der Waals surface area contributed by atoms with Crippen LogP contribution in [0.3, 0.4) is 0 Å². The third kappa shape index (κ3) is 0.663. The SMILES string of the molecule is COC1(CN)CC[C@@H]2C[C@@H]21. The van der Waals surface area contributed by atoms with Crippen LogP contribution in [0.4, 0.5) is 0 Å². The molecule has 2 aliphatic carbocycles. The average Bonchev–Trinajstić information content (AvgIpc) is 2.68. The lowest BCUT2D eigenvalue weighted by molar-refractivity contribution is -0.0151. The Kier molecular flexibility index (Phi) is 1.29. The van der Waals surface area contributed by atoms with Crippen molar-refractivity contribution in [3.63, 3.8) is 0 Å². The van der Waals surface area contributed by atoms with Crippen molar-refractivity contribution in [3.8, 4) is 0 Å². The minimum atomic E-state index is 0.0880. The molecular weight excluding hydrogens is 126 g/mol. The molecule has 0 aliphatic heterocycles. The van der Waals surface area contributed by atoms with E-state index in [1.54, 1.807) is 7.11 Å². The maximum Gasteiger partial charge on any atom is 0.0831 e. The fourth-order valence-electron chi connectivity index (χ4n) is 2.42. The highest BCUT2D eigenvalue weighted by atomic mass is 16.5. The van der Waals surface area contributed by atoms with Crippen LogP contribution in [0.15, 0.2) is 0 Å². The minimum absolute atomic E-state index is 0.0880. The molecule has 2 aliphatic rings. The van der Waals surface area contributed by atoms with Crippen molar-refractivity contribution in [1.29, 1.82) is 0 Å². The van der Waals surface area contributed by atoms with Crippen LogP contribution in [-0.2, 0) is 4.74 Å². The maximum absolute atomic E-state index is 5.67. The number of nitrogens with two attached hydrogens (primary N) is 1. The molecule has 3 atom stereocenters. The Morgan fingerprint density at radius 2 is 2.50 bits per heavy atom. The molecule has 0 heterocycles. The molecule has 2 rings (SSSR count). The molecule has 10 heavy (non-hydrogen) atoms. The zero-order chi connectivity index (χ0) is 7.19. The number of hydrogen-bond acceptors (Lipinski definition) is 2. The quantitative estimate of drug-likeness (QED) is 0.616. The summed E-state index contributed by atoms with van der Waals surface area (Å²) in [6.45, 7) is 0.713. The number of rotatable bonds is 2. The minimum Gasteiger partial charge on any atom is -0.377 e. The summed E-state index contributed by atoms with van der Waals surface area (Å²) in [7, 11) is 1.80. The molecule has 2 saturated carbocycles. The van der Waals surface area contributed by atoms with E-state index in [-0.39, 0.29) is 5.60 Å². The predicted octanol–water partition coefficient (Wildman–Crippen LogP) is 0.760. The second kappa shape index (κ2) is 1.95. The van der Waals surface area contributed by atoms with Gasteiger partial charge in [-0.3, -0.25) is 0 Å². The highest BCUT2D eigenvalue weighted by molar-refractivity contribution is 5.08. The molecule has 2 nitrogen and oxygen atoms in total. The first kappa shape index (κ1) is 6.62. The Labute approximate surface area is 61.7 Å². The van der Waals surface area contributed by atoms with Crippen molar-refractivity contribution in [1.82, 2.24) is 0 Å². The molecular formula is C8H15NO. The fourth-order valence-corrected chi connectivity index (χ4v) is 2.42. The van der Waals surface area contributed by atoms with Crippen LogP contribution in [-0.4, -0.2) is 19.3 Å². The van der Waals surface area contributed by atoms with Gasteiger partial charge in [0.1, 0.15) is 0 Å². The Morgan fingerprint density at radius 1 is 1.70 bits per heavy atom. The van der Waals surface area contributed by atoms with Gasteiger partial charge < -0.3 is 10.5 Å². The molecule has 2 heteroatoms. The number of ether oxygens (including phenoxy) is 1. The van der Waals surface area contributed by atoms with Gasteiger partial charge in [-0.1, -0.05) is 0 Å². The molecule has 0 radical (unpaired) electrons. The normalized spacial score (nSPS) is 51.0. The van der Waals surface area contributed by atoms with E-state index >= 15 is 0 Å². The van der Waals surface area contributed by atoms with Crippen LogP contribution < -0.4 is 5.73 Å². The van der Waals surface area contributed by atoms with E-state index in [0.717, 1.165) is 11.8 Å². The van der Waals surface area contributed by atoms with E-state index in [0.29, 0.717) is 6.54 Å². The third-order valence-electron chi connectivity index (χ3n) is 3.29. The summed E-state index contributed by atoms with van der Waals surface area (Å²) in [6.07, 6.45) is 3.90. The van der Waals surface area contributed by atoms with Gasteiger partial charge in [-0.2, -0.15) is 0 Å². The Morgan fingerprint density at radius 3 is 2.70 bits per heavy atom. The van der Waals surface area contributed by atoms with Gasteiger partial charge in [0.25, 0.3) is 0 Å². The standard InChI is InChI=1S/C8H15NO/c1-10-8(5-9)3-2-6-4-7(6)8/h6-7H,2-5,9H2,1H3/t6-,7+,8?/m1/s1. The highest BCUT2D eigenvalue weighted by Crippen LogP contribution is 2.58. The van der Waals surface area contributed by atoms with E-state index < -0.39 is 0 Å². The van der Waals surface area contributed by atoms with E-state index in [4.69, 9.17) is 10.5 Å². The number of fused-ring (bicyclic) bond motifs is 1. The van der Waals surface area contributed by atoms with E-state index in [1.165, 1.54) is 19.3 Å². The molecule has 0 spiro atoms. The number of hydrogen-bond donors (Lipinski definition) is 1. The molecule has 0 aromatic rings. The van der Waals surface area contributed by atoms with Crippen molar-refractivity contribution in [2.45, 2.75) is 24.9 Å². The summed E-state index contributed by atoms with van der Waals surface area (Å²) in [6, 6.07) is 0. The van der Waals surface area contributed by atoms with Gasteiger partial charge in [-0.25, -0.2) is 0 Å². The molecule has 0 bridgehead atoms. The molecule has 0 aromatic carbocycles. The first-order valence-electron chi connectivity index (χ1n) is 4.07. The first-order valence-corrected chi connectivity index (χ1v) is 4.07. The van der Waals surface area contributed by atoms with Gasteiger partial charge in [0.15, 0.2) is 0 Å². The summed E-state index contributed by atoms with van der Waals surface area (Å²) in [5, 5.41) is 0. The molecule has 0 saturated heterocycles. The van der Waals surface area contributed by atoms with E-state index in [9.17, 15) is 0 Å². The van der Waals surface area contributed by atoms with Crippen molar-refractivity contribution in [3.05, 3.63) is 0 Å². The zero-order valence-corrected chi connectivity index (χ0v) is 6.47. The Hall–Kier alpha value is -0.0800. The van der Waals surface area contributed by atoms with Gasteiger partial charge in [0, 0.05) is 13.7 Å². The van der Waals surface area contributed by atoms with Gasteiger partial charge in [-0.15, -0.1) is 0 Å². The second-order valence-electron chi connectivity index (χ2n) is 3.61. The lowest BCUT2D eigenvalue weighted by atomic mass is 9.98. The summed E-state index contributed by atoms with van der Waals surface area (Å²) in [4.78, 5) is 0. The Bertz CT molecular complexity index is 142. The molecule has 0 amide bonds. The van der Waals surface area contributed by atoms with Crippen molar-refractivity contribution in [2.75, 3.05) is 13.7 Å². The van der Waals surface area contributed by atoms with Crippen molar-refractivity contribution in [2.24, 2.45) is 17.6 Å². The summed E-state index contributed by atoms with van der Waals surface area (Å²) < 4.78 is 5.48. The topological polar surface area (TPSA) is 35.2 Å². The van der Waals surface area contributed by atoms with Gasteiger partial charge in [-0.05, 0) is 31.1 Å². The van der Waals surface area contributed by atoms with Crippen LogP contribution in [0.2, 0.25) is 0 Å². The highest BCUT2D eigenvalue weighted by Gasteiger charge is 2.57. The zero-order valence-electron chi connectivity index (χ0n) is 6.47. The molecule has 1 unspecified atom stereocenters. The molecule has 0 aromatic heterocycles. The van der Waals surface area contributed by atoms with E-state index in [2.05, 4.69) is 0 Å². The maximum atomic E-state index is 5.67. The fraction of sp³-hybridized carbons (Fsp3) is 1.00. The number of methoxy groups -OCH3 is 1. The van der Waals surface area contributed by atoms with Gasteiger partial charge >= 0.3 is 0 Å². The van der Waals surface area contributed by atoms with Crippen LogP contribution in [0.1, 0.15) is 19.3 Å². The molecule has 2 N–H and O–H groups in total. The monoisotopic (exact) mass is 141 g/mol. The second-order valence-corrected chi connectivity index (χ2v) is 3.61. The summed E-state index contributed by atoms with van der Waals surface area (Å²) in [5.41, 5.74) is 5.76.